The fraction of sp³-hybridized carbons (Fsp3) is 0.267. The minimum atomic E-state index is -1.14. The highest BCUT2D eigenvalue weighted by atomic mass is 16.5. The van der Waals surface area contributed by atoms with Gasteiger partial charge in [-0.25, -0.2) is 0 Å². The first-order chi connectivity index (χ1) is 17.7. The van der Waals surface area contributed by atoms with Gasteiger partial charge in [-0.2, -0.15) is 0 Å². The second-order valence-electron chi connectivity index (χ2n) is 9.23. The van der Waals surface area contributed by atoms with Crippen molar-refractivity contribution in [3.63, 3.8) is 0 Å². The van der Waals surface area contributed by atoms with Crippen molar-refractivity contribution in [3.8, 4) is 0 Å². The van der Waals surface area contributed by atoms with Crippen molar-refractivity contribution >= 4 is 16.9 Å². The summed E-state index contributed by atoms with van der Waals surface area (Å²) in [5.74, 6) is 0.103. The van der Waals surface area contributed by atoms with Gasteiger partial charge in [-0.15, -0.1) is 0 Å². The van der Waals surface area contributed by atoms with Crippen molar-refractivity contribution in [1.82, 2.24) is 9.88 Å². The summed E-state index contributed by atoms with van der Waals surface area (Å²) in [6.45, 7) is 2.20. The maximum atomic E-state index is 11.6. The number of piperidine rings is 1. The standard InChI is InChI=1S/C30H30N2O4/c33-30(34)32-15-13-28(26-11-7-22(8-12-26)19-35-20-24-4-3-14-31-17-24)29(18-32)36-21-23-9-10-25-5-1-2-6-27(25)16-23/h1-12,14,16-17,28-29H,13,15,18-21H2,(H,33,34)/p-1. The lowest BCUT2D eigenvalue weighted by atomic mass is 9.86. The molecule has 5 rings (SSSR count). The zero-order valence-electron chi connectivity index (χ0n) is 20.1. The molecular formula is C30H29N2O4-. The zero-order chi connectivity index (χ0) is 24.7. The number of likely N-dealkylation sites (tertiary alicyclic amines) is 1. The van der Waals surface area contributed by atoms with E-state index in [0.29, 0.717) is 39.3 Å². The van der Waals surface area contributed by atoms with Gasteiger partial charge in [-0.05, 0) is 51.6 Å². The number of hydrogen-bond donors (Lipinski definition) is 0. The summed E-state index contributed by atoms with van der Waals surface area (Å²) in [5.41, 5.74) is 4.34. The van der Waals surface area contributed by atoms with Gasteiger partial charge in [0.05, 0.1) is 25.9 Å². The normalized spacial score (nSPS) is 17.8. The fourth-order valence-electron chi connectivity index (χ4n) is 4.80. The van der Waals surface area contributed by atoms with Crippen molar-refractivity contribution in [3.05, 3.63) is 114 Å². The highest BCUT2D eigenvalue weighted by Crippen LogP contribution is 2.31. The molecular weight excluding hydrogens is 452 g/mol. The number of carboxylic acid groups (broad SMARTS) is 1. The number of rotatable bonds is 8. The summed E-state index contributed by atoms with van der Waals surface area (Å²) < 4.78 is 12.2. The second kappa shape index (κ2) is 11.3. The molecule has 6 nitrogen and oxygen atoms in total. The van der Waals surface area contributed by atoms with Crippen molar-refractivity contribution in [2.75, 3.05) is 13.1 Å². The highest BCUT2D eigenvalue weighted by molar-refractivity contribution is 5.82. The predicted molar refractivity (Wildman–Crippen MR) is 136 cm³/mol. The molecule has 1 aliphatic rings. The SMILES string of the molecule is O=C([O-])N1CCC(c2ccc(COCc3cccnc3)cc2)C(OCc2ccc3ccccc3c2)C1. The molecule has 0 aliphatic carbocycles. The Morgan fingerprint density at radius 1 is 0.889 bits per heavy atom. The first kappa shape index (κ1) is 24.0. The van der Waals surface area contributed by atoms with Crippen molar-refractivity contribution < 1.29 is 19.4 Å². The van der Waals surface area contributed by atoms with E-state index in [1.54, 1.807) is 12.4 Å². The zero-order valence-corrected chi connectivity index (χ0v) is 20.1. The third kappa shape index (κ3) is 5.90. The first-order valence-corrected chi connectivity index (χ1v) is 12.3. The van der Waals surface area contributed by atoms with Crippen LogP contribution in [0.3, 0.4) is 0 Å². The van der Waals surface area contributed by atoms with Gasteiger partial charge in [0.2, 0.25) is 0 Å². The Bertz CT molecular complexity index is 1290. The van der Waals surface area contributed by atoms with Crippen LogP contribution in [0.15, 0.2) is 91.3 Å². The van der Waals surface area contributed by atoms with Crippen molar-refractivity contribution in [2.24, 2.45) is 0 Å². The molecule has 184 valence electrons. The average molecular weight is 482 g/mol. The molecule has 0 radical (unpaired) electrons. The quantitative estimate of drug-likeness (QED) is 0.366. The molecule has 1 aromatic heterocycles. The fourth-order valence-corrected chi connectivity index (χ4v) is 4.80. The summed E-state index contributed by atoms with van der Waals surface area (Å²) in [7, 11) is 0. The Kier molecular flexibility index (Phi) is 7.55. The minimum absolute atomic E-state index is 0.103. The van der Waals surface area contributed by atoms with E-state index >= 15 is 0 Å². The molecule has 1 amide bonds. The van der Waals surface area contributed by atoms with Gasteiger partial charge in [0.1, 0.15) is 6.09 Å². The molecule has 0 N–H and O–H groups in total. The molecule has 1 saturated heterocycles. The van der Waals surface area contributed by atoms with Gasteiger partial charge in [-0.3, -0.25) is 4.98 Å². The lowest BCUT2D eigenvalue weighted by molar-refractivity contribution is -0.268. The van der Waals surface area contributed by atoms with Gasteiger partial charge in [0, 0.05) is 31.4 Å². The van der Waals surface area contributed by atoms with Crippen LogP contribution in [-0.2, 0) is 29.3 Å². The highest BCUT2D eigenvalue weighted by Gasteiger charge is 2.31. The maximum absolute atomic E-state index is 11.6. The van der Waals surface area contributed by atoms with Gasteiger partial charge >= 0.3 is 0 Å². The van der Waals surface area contributed by atoms with E-state index in [1.165, 1.54) is 10.3 Å². The number of pyridine rings is 1. The van der Waals surface area contributed by atoms with E-state index in [1.807, 2.05) is 24.3 Å². The Hall–Kier alpha value is -3.74. The van der Waals surface area contributed by atoms with Crippen LogP contribution in [0.4, 0.5) is 4.79 Å². The molecule has 2 unspecified atom stereocenters. The monoisotopic (exact) mass is 481 g/mol. The minimum Gasteiger partial charge on any atom is -0.530 e. The van der Waals surface area contributed by atoms with E-state index in [9.17, 15) is 9.90 Å². The Balaban J connectivity index is 1.24. The number of nitrogens with zero attached hydrogens (tertiary/aromatic N) is 2. The van der Waals surface area contributed by atoms with Crippen molar-refractivity contribution in [1.29, 1.82) is 0 Å². The van der Waals surface area contributed by atoms with Crippen LogP contribution in [0.1, 0.15) is 34.6 Å². The molecule has 1 fully saturated rings. The van der Waals surface area contributed by atoms with Gasteiger partial charge < -0.3 is 24.3 Å². The summed E-state index contributed by atoms with van der Waals surface area (Å²) in [6, 6.07) is 26.8. The Labute approximate surface area is 211 Å². The molecule has 2 heterocycles. The molecule has 36 heavy (non-hydrogen) atoms. The summed E-state index contributed by atoms with van der Waals surface area (Å²) >= 11 is 0. The molecule has 3 aromatic carbocycles. The number of aromatic nitrogens is 1. The van der Waals surface area contributed by atoms with Crippen LogP contribution >= 0.6 is 0 Å². The predicted octanol–water partition coefficient (Wildman–Crippen LogP) is 4.67. The lowest BCUT2D eigenvalue weighted by Gasteiger charge is -2.40. The topological polar surface area (TPSA) is 74.7 Å². The van der Waals surface area contributed by atoms with Crippen LogP contribution < -0.4 is 5.11 Å². The second-order valence-corrected chi connectivity index (χ2v) is 9.23. The van der Waals surface area contributed by atoms with E-state index < -0.39 is 6.09 Å². The van der Waals surface area contributed by atoms with Gasteiger partial charge in [0.15, 0.2) is 0 Å². The van der Waals surface area contributed by atoms with Gasteiger partial charge in [-0.1, -0.05) is 66.7 Å². The lowest BCUT2D eigenvalue weighted by Crippen LogP contribution is -2.51. The molecule has 4 aromatic rings. The van der Waals surface area contributed by atoms with Crippen LogP contribution in [-0.4, -0.2) is 35.2 Å². The number of hydrogen-bond acceptors (Lipinski definition) is 5. The summed E-state index contributed by atoms with van der Waals surface area (Å²) in [5, 5.41) is 13.9. The summed E-state index contributed by atoms with van der Waals surface area (Å²) in [6.07, 6.45) is 2.84. The maximum Gasteiger partial charge on any atom is 0.137 e. The number of benzene rings is 3. The molecule has 0 spiro atoms. The molecule has 6 heteroatoms. The van der Waals surface area contributed by atoms with Crippen LogP contribution in [0.25, 0.3) is 10.8 Å². The molecule has 1 aliphatic heterocycles. The number of fused-ring (bicyclic) bond motifs is 1. The third-order valence-electron chi connectivity index (χ3n) is 6.76. The molecule has 0 saturated carbocycles. The first-order valence-electron chi connectivity index (χ1n) is 12.3. The summed E-state index contributed by atoms with van der Waals surface area (Å²) in [4.78, 5) is 17.0. The molecule has 2 atom stereocenters. The van der Waals surface area contributed by atoms with Gasteiger partial charge in [0.25, 0.3) is 0 Å². The average Bonchev–Trinajstić information content (AvgIpc) is 2.92. The Morgan fingerprint density at radius 3 is 2.44 bits per heavy atom. The van der Waals surface area contributed by atoms with Crippen LogP contribution in [0.5, 0.6) is 0 Å². The third-order valence-corrected chi connectivity index (χ3v) is 6.76. The Morgan fingerprint density at radius 2 is 1.67 bits per heavy atom. The van der Waals surface area contributed by atoms with E-state index in [-0.39, 0.29) is 12.0 Å². The molecule has 0 bridgehead atoms. The number of carbonyl (C=O) groups is 1. The van der Waals surface area contributed by atoms with E-state index in [2.05, 4.69) is 59.6 Å². The van der Waals surface area contributed by atoms with Crippen molar-refractivity contribution in [2.45, 2.75) is 38.3 Å². The van der Waals surface area contributed by atoms with E-state index in [0.717, 1.165) is 27.6 Å². The largest absolute Gasteiger partial charge is 0.530 e. The number of carbonyl (C=O) groups excluding carboxylic acids is 1. The van der Waals surface area contributed by atoms with E-state index in [4.69, 9.17) is 9.47 Å². The number of amides is 1. The van der Waals surface area contributed by atoms with Crippen LogP contribution in [0, 0.1) is 0 Å². The van der Waals surface area contributed by atoms with Crippen LogP contribution in [0.2, 0.25) is 0 Å². The number of ether oxygens (including phenoxy) is 2. The smallest absolute Gasteiger partial charge is 0.137 e.